The van der Waals surface area contributed by atoms with Crippen molar-refractivity contribution in [1.82, 2.24) is 24.5 Å². The molecule has 0 fully saturated rings. The number of carbonyl (C=O) groups excluding carboxylic acids is 1. The van der Waals surface area contributed by atoms with Crippen molar-refractivity contribution < 1.29 is 9.72 Å². The summed E-state index contributed by atoms with van der Waals surface area (Å²) in [6.45, 7) is 6.19. The van der Waals surface area contributed by atoms with E-state index in [4.69, 9.17) is 11.6 Å². The number of nitrogens with zero attached hydrogens (tertiary/aromatic N) is 6. The second kappa shape index (κ2) is 7.00. The Morgan fingerprint density at radius 2 is 2.21 bits per heavy atom. The lowest BCUT2D eigenvalue weighted by Crippen LogP contribution is -2.34. The van der Waals surface area contributed by atoms with Gasteiger partial charge in [-0.05, 0) is 25.7 Å². The number of aryl methyl sites for hydroxylation is 2. The van der Waals surface area contributed by atoms with Crippen LogP contribution in [-0.2, 0) is 17.9 Å². The summed E-state index contributed by atoms with van der Waals surface area (Å²) in [6, 6.07) is 0.674. The second-order valence-corrected chi connectivity index (χ2v) is 5.88. The Bertz CT molecular complexity index is 769. The fourth-order valence-electron chi connectivity index (χ4n) is 2.50. The fourth-order valence-corrected chi connectivity index (χ4v) is 2.70. The summed E-state index contributed by atoms with van der Waals surface area (Å²) in [6.07, 6.45) is 1.54. The lowest BCUT2D eigenvalue weighted by atomic mass is 10.2. The fraction of sp³-hybridized carbons (Fsp3) is 0.500. The molecule has 0 aliphatic carbocycles. The van der Waals surface area contributed by atoms with Crippen LogP contribution < -0.4 is 0 Å². The Kier molecular flexibility index (Phi) is 5.23. The van der Waals surface area contributed by atoms with E-state index in [-0.39, 0.29) is 18.3 Å². The molecule has 0 aromatic carbocycles. The van der Waals surface area contributed by atoms with Gasteiger partial charge in [-0.2, -0.15) is 9.78 Å². The van der Waals surface area contributed by atoms with Gasteiger partial charge < -0.3 is 15.0 Å². The molecule has 0 spiro atoms. The Balaban J connectivity index is 2.18. The maximum absolute atomic E-state index is 12.6. The highest BCUT2D eigenvalue weighted by molar-refractivity contribution is 6.31. The van der Waals surface area contributed by atoms with Crippen molar-refractivity contribution in [2.45, 2.75) is 39.9 Å². The SMILES string of the molecule is CCn1ncc(Cl)c1CN(C)C(=O)C(C)n1nc([N+](=O)[O-])cc1C. The molecule has 9 nitrogen and oxygen atoms in total. The summed E-state index contributed by atoms with van der Waals surface area (Å²) in [4.78, 5) is 24.4. The lowest BCUT2D eigenvalue weighted by Gasteiger charge is -2.21. The molecule has 0 aliphatic rings. The molecule has 2 aromatic heterocycles. The number of amides is 1. The minimum absolute atomic E-state index is 0.226. The summed E-state index contributed by atoms with van der Waals surface area (Å²) in [7, 11) is 1.65. The van der Waals surface area contributed by atoms with Gasteiger partial charge in [0.05, 0.1) is 40.3 Å². The third-order valence-corrected chi connectivity index (χ3v) is 4.10. The average molecular weight is 355 g/mol. The van der Waals surface area contributed by atoms with Gasteiger partial charge in [0, 0.05) is 13.6 Å². The molecule has 1 atom stereocenters. The molecule has 0 bridgehead atoms. The first-order valence-corrected chi connectivity index (χ1v) is 7.79. The van der Waals surface area contributed by atoms with Crippen LogP contribution in [0.15, 0.2) is 12.3 Å². The molecule has 24 heavy (non-hydrogen) atoms. The quantitative estimate of drug-likeness (QED) is 0.584. The van der Waals surface area contributed by atoms with Crippen LogP contribution in [-0.4, -0.2) is 42.3 Å². The Morgan fingerprint density at radius 1 is 1.54 bits per heavy atom. The summed E-state index contributed by atoms with van der Waals surface area (Å²) in [5.74, 6) is -0.502. The van der Waals surface area contributed by atoms with Crippen LogP contribution in [0.3, 0.4) is 0 Å². The molecule has 0 N–H and O–H groups in total. The second-order valence-electron chi connectivity index (χ2n) is 5.47. The summed E-state index contributed by atoms with van der Waals surface area (Å²) < 4.78 is 3.08. The monoisotopic (exact) mass is 354 g/mol. The summed E-state index contributed by atoms with van der Waals surface area (Å²) in [5, 5.41) is 19.3. The maximum atomic E-state index is 12.6. The van der Waals surface area contributed by atoms with Crippen molar-refractivity contribution in [3.05, 3.63) is 38.8 Å². The van der Waals surface area contributed by atoms with Crippen LogP contribution in [0, 0.1) is 17.0 Å². The molecule has 1 unspecified atom stereocenters. The topological polar surface area (TPSA) is 99.1 Å². The van der Waals surface area contributed by atoms with Gasteiger partial charge in [-0.25, -0.2) is 0 Å². The van der Waals surface area contributed by atoms with Gasteiger partial charge in [-0.3, -0.25) is 9.48 Å². The summed E-state index contributed by atoms with van der Waals surface area (Å²) in [5.41, 5.74) is 1.29. The third-order valence-electron chi connectivity index (χ3n) is 3.78. The molecule has 130 valence electrons. The normalized spacial score (nSPS) is 12.2. The molecular formula is C14H19ClN6O3. The lowest BCUT2D eigenvalue weighted by molar-refractivity contribution is -0.389. The Hall–Kier alpha value is -2.42. The van der Waals surface area contributed by atoms with Gasteiger partial charge in [0.1, 0.15) is 6.04 Å². The van der Waals surface area contributed by atoms with Crippen molar-refractivity contribution in [3.63, 3.8) is 0 Å². The minimum atomic E-state index is -0.666. The van der Waals surface area contributed by atoms with E-state index in [0.717, 1.165) is 5.69 Å². The van der Waals surface area contributed by atoms with E-state index >= 15 is 0 Å². The first-order chi connectivity index (χ1) is 11.3. The van der Waals surface area contributed by atoms with Gasteiger partial charge in [0.15, 0.2) is 0 Å². The van der Waals surface area contributed by atoms with Crippen molar-refractivity contribution in [3.8, 4) is 0 Å². The maximum Gasteiger partial charge on any atom is 0.390 e. The van der Waals surface area contributed by atoms with E-state index in [1.165, 1.54) is 15.6 Å². The summed E-state index contributed by atoms with van der Waals surface area (Å²) >= 11 is 6.12. The number of carbonyl (C=O) groups is 1. The highest BCUT2D eigenvalue weighted by Crippen LogP contribution is 2.20. The number of aromatic nitrogens is 4. The number of hydrogen-bond donors (Lipinski definition) is 0. The zero-order valence-corrected chi connectivity index (χ0v) is 14.7. The van der Waals surface area contributed by atoms with Crippen LogP contribution >= 0.6 is 11.6 Å². The van der Waals surface area contributed by atoms with E-state index in [2.05, 4.69) is 10.2 Å². The standard InChI is InChI=1S/C14H19ClN6O3/c1-5-19-12(11(15)7-16-19)8-18(4)14(22)10(3)20-9(2)6-13(17-20)21(23)24/h6-7,10H,5,8H2,1-4H3. The number of likely N-dealkylation sites (N-methyl/N-ethyl adjacent to an activating group) is 1. The predicted octanol–water partition coefficient (Wildman–Crippen LogP) is 2.19. The van der Waals surface area contributed by atoms with E-state index < -0.39 is 11.0 Å². The van der Waals surface area contributed by atoms with Gasteiger partial charge in [-0.15, -0.1) is 0 Å². The minimum Gasteiger partial charge on any atom is -0.358 e. The van der Waals surface area contributed by atoms with E-state index in [0.29, 0.717) is 17.3 Å². The van der Waals surface area contributed by atoms with Crippen LogP contribution in [0.5, 0.6) is 0 Å². The van der Waals surface area contributed by atoms with Crippen LogP contribution in [0.25, 0.3) is 0 Å². The van der Waals surface area contributed by atoms with Gasteiger partial charge in [0.25, 0.3) is 0 Å². The third kappa shape index (κ3) is 3.40. The van der Waals surface area contributed by atoms with Crippen LogP contribution in [0.1, 0.15) is 31.3 Å². The van der Waals surface area contributed by atoms with E-state index in [1.807, 2.05) is 6.92 Å². The molecule has 0 aliphatic heterocycles. The zero-order chi connectivity index (χ0) is 18.0. The molecule has 2 aromatic rings. The van der Waals surface area contributed by atoms with Crippen molar-refractivity contribution in [1.29, 1.82) is 0 Å². The molecule has 0 saturated carbocycles. The first kappa shape index (κ1) is 17.9. The number of nitro groups is 1. The molecule has 0 radical (unpaired) electrons. The molecule has 2 heterocycles. The molecule has 1 amide bonds. The zero-order valence-electron chi connectivity index (χ0n) is 13.9. The van der Waals surface area contributed by atoms with E-state index in [9.17, 15) is 14.9 Å². The van der Waals surface area contributed by atoms with Crippen LogP contribution in [0.2, 0.25) is 5.02 Å². The van der Waals surface area contributed by atoms with Crippen molar-refractivity contribution >= 4 is 23.3 Å². The number of rotatable bonds is 6. The predicted molar refractivity (Wildman–Crippen MR) is 87.7 cm³/mol. The Morgan fingerprint density at radius 3 is 2.75 bits per heavy atom. The van der Waals surface area contributed by atoms with Crippen LogP contribution in [0.4, 0.5) is 5.82 Å². The van der Waals surface area contributed by atoms with Gasteiger partial charge >= 0.3 is 5.82 Å². The largest absolute Gasteiger partial charge is 0.390 e. The molecule has 0 saturated heterocycles. The average Bonchev–Trinajstić information content (AvgIpc) is 3.09. The smallest absolute Gasteiger partial charge is 0.358 e. The molecule has 2 rings (SSSR count). The Labute approximate surface area is 144 Å². The first-order valence-electron chi connectivity index (χ1n) is 7.42. The molecular weight excluding hydrogens is 336 g/mol. The highest BCUT2D eigenvalue weighted by Gasteiger charge is 2.27. The number of halogens is 1. The van der Waals surface area contributed by atoms with E-state index in [1.54, 1.807) is 31.8 Å². The van der Waals surface area contributed by atoms with Gasteiger partial charge in [-0.1, -0.05) is 11.6 Å². The molecule has 10 heteroatoms. The van der Waals surface area contributed by atoms with Crippen molar-refractivity contribution in [2.24, 2.45) is 0 Å². The van der Waals surface area contributed by atoms with Crippen molar-refractivity contribution in [2.75, 3.05) is 7.05 Å². The van der Waals surface area contributed by atoms with Gasteiger partial charge in [0.2, 0.25) is 5.91 Å². The number of hydrogen-bond acceptors (Lipinski definition) is 5. The highest BCUT2D eigenvalue weighted by atomic mass is 35.5.